The van der Waals surface area contributed by atoms with Gasteiger partial charge >= 0.3 is 5.97 Å². The van der Waals surface area contributed by atoms with Gasteiger partial charge in [-0.2, -0.15) is 4.31 Å². The van der Waals surface area contributed by atoms with Crippen molar-refractivity contribution in [2.24, 2.45) is 0 Å². The van der Waals surface area contributed by atoms with Crippen molar-refractivity contribution in [3.05, 3.63) is 83.4 Å². The molecule has 1 amide bonds. The molecule has 0 radical (unpaired) electrons. The quantitative estimate of drug-likeness (QED) is 0.255. The molecule has 1 aliphatic rings. The number of halogens is 1. The molecule has 1 saturated heterocycles. The number of sulfonamides is 1. The number of nitrogens with zero attached hydrogens (tertiary/aromatic N) is 1. The maximum absolute atomic E-state index is 13.1. The first-order valence-electron chi connectivity index (χ1n) is 12.0. The minimum atomic E-state index is -3.70. The van der Waals surface area contributed by atoms with E-state index < -0.39 is 28.5 Å². The van der Waals surface area contributed by atoms with Gasteiger partial charge in [-0.3, -0.25) is 4.79 Å². The summed E-state index contributed by atoms with van der Waals surface area (Å²) in [5, 5.41) is 5.98. The second kappa shape index (κ2) is 10.5. The number of carbonyl (C=O) groups excluding carboxylic acids is 2. The third kappa shape index (κ3) is 5.18. The highest BCUT2D eigenvalue weighted by Gasteiger charge is 2.27. The molecule has 9 heteroatoms. The van der Waals surface area contributed by atoms with Gasteiger partial charge in [-0.25, -0.2) is 13.2 Å². The van der Waals surface area contributed by atoms with E-state index in [2.05, 4.69) is 5.32 Å². The van der Waals surface area contributed by atoms with Crippen molar-refractivity contribution in [3.8, 4) is 0 Å². The summed E-state index contributed by atoms with van der Waals surface area (Å²) in [5.74, 6) is -1.26. The lowest BCUT2D eigenvalue weighted by molar-refractivity contribution is -0.119. The van der Waals surface area contributed by atoms with Crippen LogP contribution in [-0.2, 0) is 19.6 Å². The van der Waals surface area contributed by atoms with Crippen molar-refractivity contribution in [1.82, 2.24) is 4.31 Å². The van der Waals surface area contributed by atoms with E-state index in [0.717, 1.165) is 40.8 Å². The Morgan fingerprint density at radius 3 is 2.14 bits per heavy atom. The molecule has 0 atom stereocenters. The number of rotatable bonds is 6. The first-order chi connectivity index (χ1) is 17.8. The van der Waals surface area contributed by atoms with E-state index in [0.29, 0.717) is 18.7 Å². The largest absolute Gasteiger partial charge is 0.452 e. The molecule has 0 bridgehead atoms. The Kier molecular flexibility index (Phi) is 7.15. The molecule has 0 spiro atoms. The summed E-state index contributed by atoms with van der Waals surface area (Å²) >= 11 is 6.23. The van der Waals surface area contributed by atoms with Gasteiger partial charge in [0.1, 0.15) is 0 Å². The zero-order valence-corrected chi connectivity index (χ0v) is 21.5. The van der Waals surface area contributed by atoms with Gasteiger partial charge in [0.05, 0.1) is 21.2 Å². The lowest BCUT2D eigenvalue weighted by atomic mass is 9.97. The number of anilines is 1. The molecule has 37 heavy (non-hydrogen) atoms. The molecule has 0 aromatic heterocycles. The first-order valence-corrected chi connectivity index (χ1v) is 13.8. The Bertz CT molecular complexity index is 1560. The summed E-state index contributed by atoms with van der Waals surface area (Å²) in [6.07, 6.45) is 2.63. The highest BCUT2D eigenvalue weighted by Crippen LogP contribution is 2.30. The maximum atomic E-state index is 13.1. The second-order valence-corrected chi connectivity index (χ2v) is 11.3. The zero-order valence-electron chi connectivity index (χ0n) is 19.9. The van der Waals surface area contributed by atoms with Crippen LogP contribution in [0.5, 0.6) is 0 Å². The summed E-state index contributed by atoms with van der Waals surface area (Å²) in [6.45, 7) is 0.368. The zero-order chi connectivity index (χ0) is 26.0. The predicted molar refractivity (Wildman–Crippen MR) is 144 cm³/mol. The molecule has 190 valence electrons. The smallest absolute Gasteiger partial charge is 0.339 e. The molecule has 1 N–H and O–H groups in total. The summed E-state index contributed by atoms with van der Waals surface area (Å²) in [4.78, 5) is 25.9. The van der Waals surface area contributed by atoms with Gasteiger partial charge in [0.15, 0.2) is 6.61 Å². The average Bonchev–Trinajstić information content (AvgIpc) is 2.92. The average molecular weight is 537 g/mol. The summed E-state index contributed by atoms with van der Waals surface area (Å²) in [6, 6.07) is 21.2. The number of hydrogen-bond acceptors (Lipinski definition) is 5. The van der Waals surface area contributed by atoms with E-state index in [-0.39, 0.29) is 15.6 Å². The highest BCUT2D eigenvalue weighted by atomic mass is 35.5. The fourth-order valence-corrected chi connectivity index (χ4v) is 6.35. The van der Waals surface area contributed by atoms with Crippen molar-refractivity contribution in [2.75, 3.05) is 25.0 Å². The van der Waals surface area contributed by atoms with Crippen molar-refractivity contribution in [1.29, 1.82) is 0 Å². The van der Waals surface area contributed by atoms with Crippen molar-refractivity contribution >= 4 is 60.7 Å². The van der Waals surface area contributed by atoms with Gasteiger partial charge in [0.2, 0.25) is 10.0 Å². The maximum Gasteiger partial charge on any atom is 0.339 e. The molecule has 4 aromatic carbocycles. The first kappa shape index (κ1) is 25.2. The molecule has 0 aliphatic carbocycles. The number of ether oxygens (including phenoxy) is 1. The second-order valence-electron chi connectivity index (χ2n) is 8.92. The molecule has 4 aromatic rings. The minimum Gasteiger partial charge on any atom is -0.452 e. The van der Waals surface area contributed by atoms with Crippen LogP contribution < -0.4 is 5.32 Å². The molecular weight excluding hydrogens is 512 g/mol. The number of hydrogen-bond donors (Lipinski definition) is 1. The molecular formula is C28H25ClN2O5S. The number of fused-ring (bicyclic) bond motifs is 2. The van der Waals surface area contributed by atoms with Crippen LogP contribution in [0.3, 0.4) is 0 Å². The van der Waals surface area contributed by atoms with Gasteiger partial charge in [0.25, 0.3) is 5.91 Å². The molecule has 1 aliphatic heterocycles. The number of piperidine rings is 1. The predicted octanol–water partition coefficient (Wildman–Crippen LogP) is 5.62. The summed E-state index contributed by atoms with van der Waals surface area (Å²) in [7, 11) is -3.70. The third-order valence-corrected chi connectivity index (χ3v) is 8.70. The lowest BCUT2D eigenvalue weighted by Gasteiger charge is -2.26. The van der Waals surface area contributed by atoms with E-state index in [1.807, 2.05) is 54.6 Å². The van der Waals surface area contributed by atoms with E-state index in [4.69, 9.17) is 16.3 Å². The Hall–Kier alpha value is -3.46. The van der Waals surface area contributed by atoms with Crippen LogP contribution in [0.2, 0.25) is 5.02 Å². The fraction of sp³-hybridized carbons (Fsp3) is 0.214. The fourth-order valence-electron chi connectivity index (χ4n) is 4.64. The number of amides is 1. The van der Waals surface area contributed by atoms with E-state index in [1.54, 1.807) is 0 Å². The van der Waals surface area contributed by atoms with Gasteiger partial charge in [-0.15, -0.1) is 0 Å². The number of nitrogens with one attached hydrogen (secondary N) is 1. The molecule has 5 rings (SSSR count). The Labute approximate surface area is 220 Å². The van der Waals surface area contributed by atoms with Crippen molar-refractivity contribution < 1.29 is 22.7 Å². The Balaban J connectivity index is 1.33. The number of carbonyl (C=O) groups is 2. The highest BCUT2D eigenvalue weighted by molar-refractivity contribution is 7.89. The molecule has 1 fully saturated rings. The topological polar surface area (TPSA) is 92.8 Å². The number of benzene rings is 4. The van der Waals surface area contributed by atoms with Crippen LogP contribution in [0.25, 0.3) is 21.5 Å². The Morgan fingerprint density at radius 2 is 1.49 bits per heavy atom. The normalized spacial score (nSPS) is 14.5. The van der Waals surface area contributed by atoms with Crippen LogP contribution in [-0.4, -0.2) is 44.3 Å². The summed E-state index contributed by atoms with van der Waals surface area (Å²) in [5.41, 5.74) is 0.519. The molecule has 1 heterocycles. The van der Waals surface area contributed by atoms with Crippen molar-refractivity contribution in [3.63, 3.8) is 0 Å². The van der Waals surface area contributed by atoms with E-state index >= 15 is 0 Å². The van der Waals surface area contributed by atoms with Crippen LogP contribution >= 0.6 is 11.6 Å². The van der Waals surface area contributed by atoms with Gasteiger partial charge < -0.3 is 10.1 Å². The third-order valence-electron chi connectivity index (χ3n) is 6.47. The van der Waals surface area contributed by atoms with Crippen LogP contribution in [0, 0.1) is 0 Å². The SMILES string of the molecule is O=C(COC(=O)c1c2ccccc2cc2ccccc12)Nc1cc(S(=O)(=O)N2CCCCC2)ccc1Cl. The monoisotopic (exact) mass is 536 g/mol. The van der Waals surface area contributed by atoms with E-state index in [9.17, 15) is 18.0 Å². The van der Waals surface area contributed by atoms with Crippen molar-refractivity contribution in [2.45, 2.75) is 24.2 Å². The molecule has 0 unspecified atom stereocenters. The molecule has 7 nitrogen and oxygen atoms in total. The Morgan fingerprint density at radius 1 is 0.865 bits per heavy atom. The number of esters is 1. The van der Waals surface area contributed by atoms with Gasteiger partial charge in [-0.1, -0.05) is 66.6 Å². The van der Waals surface area contributed by atoms with Gasteiger partial charge in [0, 0.05) is 13.1 Å². The van der Waals surface area contributed by atoms with Crippen LogP contribution in [0.15, 0.2) is 77.7 Å². The van der Waals surface area contributed by atoms with Crippen LogP contribution in [0.4, 0.5) is 5.69 Å². The van der Waals surface area contributed by atoms with Gasteiger partial charge in [-0.05, 0) is 58.7 Å². The van der Waals surface area contributed by atoms with Crippen LogP contribution in [0.1, 0.15) is 29.6 Å². The summed E-state index contributed by atoms with van der Waals surface area (Å²) < 4.78 is 32.9. The van der Waals surface area contributed by atoms with E-state index in [1.165, 1.54) is 22.5 Å². The molecule has 0 saturated carbocycles. The minimum absolute atomic E-state index is 0.0494. The standard InChI is InChI=1S/C28H25ClN2O5S/c29-24-13-12-21(37(34,35)31-14-6-1-7-15-31)17-25(24)30-26(32)18-36-28(33)27-22-10-4-2-8-19(22)16-20-9-3-5-11-23(20)27/h2-5,8-13,16-17H,1,6-7,14-15,18H2,(H,30,32). The lowest BCUT2D eigenvalue weighted by Crippen LogP contribution is -2.35.